The number of pyridine rings is 1. The smallest absolute Gasteiger partial charge is 0.404 e. The number of aromatic nitrogens is 1. The van der Waals surface area contributed by atoms with Crippen LogP contribution in [0.3, 0.4) is 0 Å². The van der Waals surface area contributed by atoms with Crippen LogP contribution in [-0.2, 0) is 11.8 Å². The van der Waals surface area contributed by atoms with Gasteiger partial charge < -0.3 is 25.5 Å². The number of primary amides is 1. The van der Waals surface area contributed by atoms with Crippen LogP contribution in [0, 0.1) is 0 Å². The number of fused-ring (bicyclic) bond motifs is 1. The lowest BCUT2D eigenvalue weighted by Crippen LogP contribution is -2.22. The Bertz CT molecular complexity index is 709. The molecule has 2 aromatic rings. The van der Waals surface area contributed by atoms with E-state index < -0.39 is 6.09 Å². The van der Waals surface area contributed by atoms with Crippen LogP contribution in [0.15, 0.2) is 29.1 Å². The third kappa shape index (κ3) is 2.82. The lowest BCUT2D eigenvalue weighted by atomic mass is 10.2. The number of carbonyl (C=O) groups is 1. The molecule has 0 saturated carbocycles. The first-order valence-electron chi connectivity index (χ1n) is 5.93. The van der Waals surface area contributed by atoms with E-state index in [4.69, 9.17) is 16.2 Å². The third-order valence-corrected chi connectivity index (χ3v) is 2.80. The number of anilines is 1. The number of nitrogens with zero attached hydrogens (tertiary/aromatic N) is 1. The Morgan fingerprint density at radius 1 is 1.30 bits per heavy atom. The normalized spacial score (nSPS) is 10.4. The Kier molecular flexibility index (Phi) is 3.79. The van der Waals surface area contributed by atoms with Crippen LogP contribution in [0.4, 0.5) is 10.5 Å². The van der Waals surface area contributed by atoms with Gasteiger partial charge in [-0.2, -0.15) is 0 Å². The van der Waals surface area contributed by atoms with E-state index >= 15 is 0 Å². The minimum atomic E-state index is -0.882. The predicted molar refractivity (Wildman–Crippen MR) is 74.6 cm³/mol. The molecule has 0 radical (unpaired) electrons. The van der Waals surface area contributed by atoms with E-state index in [1.807, 2.05) is 0 Å². The van der Waals surface area contributed by atoms with Gasteiger partial charge in [-0.25, -0.2) is 4.79 Å². The molecular weight excluding hydrogens is 262 g/mol. The van der Waals surface area contributed by atoms with Gasteiger partial charge >= 0.3 is 6.09 Å². The van der Waals surface area contributed by atoms with Gasteiger partial charge in [0.25, 0.3) is 5.56 Å². The Labute approximate surface area is 114 Å². The summed E-state index contributed by atoms with van der Waals surface area (Å²) in [6.07, 6.45) is -0.882. The van der Waals surface area contributed by atoms with Gasteiger partial charge in [-0.05, 0) is 24.3 Å². The van der Waals surface area contributed by atoms with E-state index in [0.29, 0.717) is 5.69 Å². The number of nitrogens with two attached hydrogens (primary N) is 2. The Morgan fingerprint density at radius 2 is 2.05 bits per heavy atom. The van der Waals surface area contributed by atoms with Crippen molar-refractivity contribution in [2.75, 3.05) is 18.9 Å². The molecule has 20 heavy (non-hydrogen) atoms. The van der Waals surface area contributed by atoms with Crippen molar-refractivity contribution >= 4 is 22.7 Å². The van der Waals surface area contributed by atoms with E-state index in [-0.39, 0.29) is 24.5 Å². The fourth-order valence-electron chi connectivity index (χ4n) is 1.87. The molecule has 0 unspecified atom stereocenters. The van der Waals surface area contributed by atoms with Crippen molar-refractivity contribution in [1.82, 2.24) is 4.57 Å². The minimum Gasteiger partial charge on any atom is -0.484 e. The van der Waals surface area contributed by atoms with E-state index in [1.54, 1.807) is 31.3 Å². The van der Waals surface area contributed by atoms with E-state index in [9.17, 15) is 9.59 Å². The average molecular weight is 277 g/mol. The molecule has 0 bridgehead atoms. The zero-order valence-electron chi connectivity index (χ0n) is 11.0. The largest absolute Gasteiger partial charge is 0.484 e. The number of amides is 1. The monoisotopic (exact) mass is 277 g/mol. The highest BCUT2D eigenvalue weighted by atomic mass is 16.6. The minimum absolute atomic E-state index is 0.0204. The molecule has 1 aromatic heterocycles. The highest BCUT2D eigenvalue weighted by Crippen LogP contribution is 2.19. The molecule has 7 heteroatoms. The second kappa shape index (κ2) is 5.52. The average Bonchev–Trinajstić information content (AvgIpc) is 2.39. The molecule has 4 N–H and O–H groups in total. The SMILES string of the molecule is Cn1c(=O)c(OCCOC(N)=O)cc2cc(N)ccc21. The molecule has 7 nitrogen and oxygen atoms in total. The molecule has 1 amide bonds. The zero-order valence-corrected chi connectivity index (χ0v) is 11.0. The standard InChI is InChI=1S/C13H15N3O4/c1-16-10-3-2-9(14)6-8(10)7-11(12(16)17)19-4-5-20-13(15)18/h2-3,6-7H,4-5,14H2,1H3,(H2,15,18). The molecule has 0 aliphatic heterocycles. The second-order valence-electron chi connectivity index (χ2n) is 4.21. The van der Waals surface area contributed by atoms with Crippen LogP contribution in [0.5, 0.6) is 5.75 Å². The summed E-state index contributed by atoms with van der Waals surface area (Å²) in [6.45, 7) is 0.0272. The van der Waals surface area contributed by atoms with Crippen molar-refractivity contribution in [2.45, 2.75) is 0 Å². The number of hydrogen-bond acceptors (Lipinski definition) is 5. The zero-order chi connectivity index (χ0) is 14.7. The van der Waals surface area contributed by atoms with Crippen LogP contribution < -0.4 is 21.8 Å². The van der Waals surface area contributed by atoms with Crippen molar-refractivity contribution < 1.29 is 14.3 Å². The molecule has 0 spiro atoms. The van der Waals surface area contributed by atoms with Crippen molar-refractivity contribution in [3.8, 4) is 5.75 Å². The quantitative estimate of drug-likeness (QED) is 0.628. The highest BCUT2D eigenvalue weighted by molar-refractivity contribution is 5.83. The Hall–Kier alpha value is -2.70. The summed E-state index contributed by atoms with van der Waals surface area (Å²) in [4.78, 5) is 22.5. The molecule has 0 atom stereocenters. The summed E-state index contributed by atoms with van der Waals surface area (Å²) < 4.78 is 11.3. The number of hydrogen-bond donors (Lipinski definition) is 2. The summed E-state index contributed by atoms with van der Waals surface area (Å²) >= 11 is 0. The van der Waals surface area contributed by atoms with Gasteiger partial charge in [-0.1, -0.05) is 0 Å². The maximum Gasteiger partial charge on any atom is 0.404 e. The van der Waals surface area contributed by atoms with Crippen LogP contribution in [0.25, 0.3) is 10.9 Å². The second-order valence-corrected chi connectivity index (χ2v) is 4.21. The number of nitrogen functional groups attached to an aromatic ring is 1. The highest BCUT2D eigenvalue weighted by Gasteiger charge is 2.08. The molecule has 1 aromatic carbocycles. The van der Waals surface area contributed by atoms with Crippen molar-refractivity contribution in [3.63, 3.8) is 0 Å². The van der Waals surface area contributed by atoms with Gasteiger partial charge in [0.05, 0.1) is 5.52 Å². The molecule has 2 rings (SSSR count). The maximum atomic E-state index is 12.1. The van der Waals surface area contributed by atoms with Crippen LogP contribution >= 0.6 is 0 Å². The van der Waals surface area contributed by atoms with Gasteiger partial charge in [0.1, 0.15) is 13.2 Å². The van der Waals surface area contributed by atoms with Crippen LogP contribution in [-0.4, -0.2) is 23.9 Å². The Balaban J connectivity index is 2.27. The lowest BCUT2D eigenvalue weighted by molar-refractivity contribution is 0.133. The molecule has 0 fully saturated rings. The van der Waals surface area contributed by atoms with E-state index in [0.717, 1.165) is 10.9 Å². The third-order valence-electron chi connectivity index (χ3n) is 2.80. The molecular formula is C13H15N3O4. The van der Waals surface area contributed by atoms with Gasteiger partial charge in [0.2, 0.25) is 0 Å². The number of benzene rings is 1. The first-order chi connectivity index (χ1) is 9.49. The first-order valence-corrected chi connectivity index (χ1v) is 5.93. The summed E-state index contributed by atoms with van der Waals surface area (Å²) in [5, 5.41) is 0.790. The number of aryl methyl sites for hydroxylation is 1. The van der Waals surface area contributed by atoms with E-state index in [1.165, 1.54) is 4.57 Å². The summed E-state index contributed by atoms with van der Waals surface area (Å²) in [7, 11) is 1.65. The molecule has 0 aliphatic rings. The molecule has 0 aliphatic carbocycles. The van der Waals surface area contributed by atoms with Gasteiger partial charge in [-0.3, -0.25) is 4.79 Å². The molecule has 0 saturated heterocycles. The number of rotatable bonds is 4. The molecule has 106 valence electrons. The fourth-order valence-corrected chi connectivity index (χ4v) is 1.87. The van der Waals surface area contributed by atoms with Gasteiger partial charge in [0, 0.05) is 18.1 Å². The van der Waals surface area contributed by atoms with Crippen LogP contribution in [0.1, 0.15) is 0 Å². The molecule has 1 heterocycles. The Morgan fingerprint density at radius 3 is 2.75 bits per heavy atom. The summed E-state index contributed by atoms with van der Waals surface area (Å²) in [5.41, 5.74) is 11.6. The topological polar surface area (TPSA) is 110 Å². The first kappa shape index (κ1) is 13.7. The fraction of sp³-hybridized carbons (Fsp3) is 0.231. The van der Waals surface area contributed by atoms with Crippen molar-refractivity contribution in [2.24, 2.45) is 12.8 Å². The summed E-state index contributed by atoms with van der Waals surface area (Å²) in [5.74, 6) is 0.165. The van der Waals surface area contributed by atoms with E-state index in [2.05, 4.69) is 4.74 Å². The van der Waals surface area contributed by atoms with Crippen LogP contribution in [0.2, 0.25) is 0 Å². The predicted octanol–water partition coefficient (Wildman–Crippen LogP) is 0.595. The number of ether oxygens (including phenoxy) is 2. The van der Waals surface area contributed by atoms with Gasteiger partial charge in [0.15, 0.2) is 5.75 Å². The van der Waals surface area contributed by atoms with Gasteiger partial charge in [-0.15, -0.1) is 0 Å². The lowest BCUT2D eigenvalue weighted by Gasteiger charge is -2.10. The van der Waals surface area contributed by atoms with Crippen molar-refractivity contribution in [3.05, 3.63) is 34.6 Å². The number of carbonyl (C=O) groups excluding carboxylic acids is 1. The maximum absolute atomic E-state index is 12.1. The van der Waals surface area contributed by atoms with Crippen molar-refractivity contribution in [1.29, 1.82) is 0 Å². The summed E-state index contributed by atoms with van der Waals surface area (Å²) in [6, 6.07) is 6.86.